The van der Waals surface area contributed by atoms with Crippen LogP contribution in [0.4, 0.5) is 19.0 Å². The van der Waals surface area contributed by atoms with Crippen molar-refractivity contribution in [2.45, 2.75) is 19.6 Å². The lowest BCUT2D eigenvalue weighted by atomic mass is 10.1. The van der Waals surface area contributed by atoms with Gasteiger partial charge in [-0.2, -0.15) is 13.2 Å². The van der Waals surface area contributed by atoms with Gasteiger partial charge < -0.3 is 10.1 Å². The van der Waals surface area contributed by atoms with Crippen LogP contribution < -0.4 is 10.1 Å². The van der Waals surface area contributed by atoms with Crippen molar-refractivity contribution in [1.82, 2.24) is 9.97 Å². The molecule has 0 saturated carbocycles. The van der Waals surface area contributed by atoms with E-state index in [1.807, 2.05) is 0 Å². The van der Waals surface area contributed by atoms with Crippen LogP contribution in [0.25, 0.3) is 0 Å². The molecule has 1 aromatic heterocycles. The summed E-state index contributed by atoms with van der Waals surface area (Å²) in [5.74, 6) is 1.04. The summed E-state index contributed by atoms with van der Waals surface area (Å²) in [7, 11) is 1.51. The first-order chi connectivity index (χ1) is 9.91. The van der Waals surface area contributed by atoms with Crippen molar-refractivity contribution in [3.8, 4) is 5.88 Å². The maximum Gasteiger partial charge on any atom is 0.416 e. The van der Waals surface area contributed by atoms with E-state index in [1.54, 1.807) is 6.92 Å². The van der Waals surface area contributed by atoms with E-state index in [-0.39, 0.29) is 0 Å². The van der Waals surface area contributed by atoms with Gasteiger partial charge in [-0.1, -0.05) is 12.1 Å². The molecule has 0 saturated heterocycles. The van der Waals surface area contributed by atoms with Gasteiger partial charge in [0.15, 0.2) is 0 Å². The number of nitrogens with zero attached hydrogens (tertiary/aromatic N) is 2. The number of rotatable bonds is 4. The van der Waals surface area contributed by atoms with E-state index >= 15 is 0 Å². The zero-order valence-electron chi connectivity index (χ0n) is 11.5. The van der Waals surface area contributed by atoms with E-state index in [0.717, 1.165) is 23.3 Å². The van der Waals surface area contributed by atoms with Crippen LogP contribution in [-0.4, -0.2) is 17.1 Å². The second kappa shape index (κ2) is 5.99. The van der Waals surface area contributed by atoms with Crippen LogP contribution in [0.5, 0.6) is 5.88 Å². The lowest BCUT2D eigenvalue weighted by Crippen LogP contribution is -2.07. The van der Waals surface area contributed by atoms with Crippen molar-refractivity contribution < 1.29 is 17.9 Å². The largest absolute Gasteiger partial charge is 0.481 e. The van der Waals surface area contributed by atoms with Crippen LogP contribution in [0, 0.1) is 6.92 Å². The highest BCUT2D eigenvalue weighted by Crippen LogP contribution is 2.29. The van der Waals surface area contributed by atoms with Crippen molar-refractivity contribution in [3.05, 3.63) is 47.3 Å². The van der Waals surface area contributed by atoms with Crippen molar-refractivity contribution in [2.24, 2.45) is 0 Å². The number of methoxy groups -OCH3 is 1. The molecule has 1 N–H and O–H groups in total. The number of nitrogens with one attached hydrogen (secondary N) is 1. The first-order valence-corrected chi connectivity index (χ1v) is 6.17. The van der Waals surface area contributed by atoms with Crippen molar-refractivity contribution in [3.63, 3.8) is 0 Å². The average Bonchev–Trinajstić information content (AvgIpc) is 2.46. The van der Waals surface area contributed by atoms with Crippen molar-refractivity contribution in [2.75, 3.05) is 12.4 Å². The predicted octanol–water partition coefficient (Wildman–Crippen LogP) is 3.42. The minimum absolute atomic E-state index is 0.360. The van der Waals surface area contributed by atoms with Gasteiger partial charge in [-0.3, -0.25) is 0 Å². The molecule has 0 aliphatic carbocycles. The molecule has 21 heavy (non-hydrogen) atoms. The molecule has 2 aromatic rings. The number of hydrogen-bond donors (Lipinski definition) is 1. The Bertz CT molecular complexity index is 612. The topological polar surface area (TPSA) is 47.0 Å². The molecule has 0 bridgehead atoms. The minimum atomic E-state index is -4.32. The molecule has 0 unspecified atom stereocenters. The number of anilines is 1. The maximum absolute atomic E-state index is 12.5. The van der Waals surface area contributed by atoms with Crippen LogP contribution in [0.2, 0.25) is 0 Å². The van der Waals surface area contributed by atoms with Crippen LogP contribution in [0.3, 0.4) is 0 Å². The summed E-state index contributed by atoms with van der Waals surface area (Å²) < 4.78 is 42.5. The molecule has 0 amide bonds. The molecule has 0 radical (unpaired) electrons. The van der Waals surface area contributed by atoms with Gasteiger partial charge >= 0.3 is 6.18 Å². The summed E-state index contributed by atoms with van der Waals surface area (Å²) in [5.41, 5.74) is 0.804. The first-order valence-electron chi connectivity index (χ1n) is 6.17. The highest BCUT2D eigenvalue weighted by Gasteiger charge is 2.29. The fraction of sp³-hybridized carbons (Fsp3) is 0.286. The molecular weight excluding hydrogens is 283 g/mol. The Hall–Kier alpha value is -2.31. The third kappa shape index (κ3) is 3.62. The van der Waals surface area contributed by atoms with Crippen molar-refractivity contribution in [1.29, 1.82) is 0 Å². The summed E-state index contributed by atoms with van der Waals surface area (Å²) in [6.45, 7) is 2.16. The monoisotopic (exact) mass is 297 g/mol. The first kappa shape index (κ1) is 15.1. The van der Waals surface area contributed by atoms with Crippen LogP contribution in [0.15, 0.2) is 30.6 Å². The highest BCUT2D eigenvalue weighted by atomic mass is 19.4. The Kier molecular flexibility index (Phi) is 4.30. The van der Waals surface area contributed by atoms with Gasteiger partial charge in [0.2, 0.25) is 5.88 Å². The Balaban J connectivity index is 2.07. The number of aromatic nitrogens is 2. The summed E-state index contributed by atoms with van der Waals surface area (Å²) >= 11 is 0. The van der Waals surface area contributed by atoms with E-state index in [2.05, 4.69) is 15.3 Å². The smallest absolute Gasteiger partial charge is 0.416 e. The molecule has 1 aromatic carbocycles. The molecular formula is C14H14F3N3O. The molecule has 0 aliphatic heterocycles. The third-order valence-electron chi connectivity index (χ3n) is 2.97. The lowest BCUT2D eigenvalue weighted by Gasteiger charge is -2.11. The third-order valence-corrected chi connectivity index (χ3v) is 2.97. The molecule has 112 valence electrons. The van der Waals surface area contributed by atoms with Gasteiger partial charge in [-0.05, 0) is 24.6 Å². The lowest BCUT2D eigenvalue weighted by molar-refractivity contribution is -0.137. The molecule has 0 fully saturated rings. The molecule has 0 spiro atoms. The number of alkyl halides is 3. The van der Waals surface area contributed by atoms with Gasteiger partial charge in [0.25, 0.3) is 0 Å². The number of benzene rings is 1. The standard InChI is InChI=1S/C14H14F3N3O/c1-9-12(19-8-20-13(9)21-2)18-7-10-3-5-11(6-4-10)14(15,16)17/h3-6,8H,7H2,1-2H3,(H,18,19,20). The predicted molar refractivity (Wildman–Crippen MR) is 72.1 cm³/mol. The Morgan fingerprint density at radius 3 is 2.38 bits per heavy atom. The van der Waals surface area contributed by atoms with Crippen molar-refractivity contribution >= 4 is 5.82 Å². The van der Waals surface area contributed by atoms with Crippen LogP contribution in [-0.2, 0) is 12.7 Å². The molecule has 1 heterocycles. The van der Waals surface area contributed by atoms with Gasteiger partial charge in [0, 0.05) is 6.54 Å². The van der Waals surface area contributed by atoms with E-state index < -0.39 is 11.7 Å². The Morgan fingerprint density at radius 2 is 1.81 bits per heavy atom. The second-order valence-corrected chi connectivity index (χ2v) is 4.40. The van der Waals surface area contributed by atoms with E-state index in [9.17, 15) is 13.2 Å². The van der Waals surface area contributed by atoms with Gasteiger partial charge in [0.05, 0.1) is 18.2 Å². The molecule has 0 aliphatic rings. The molecule has 7 heteroatoms. The summed E-state index contributed by atoms with van der Waals surface area (Å²) in [6, 6.07) is 4.99. The number of halogens is 3. The number of ether oxygens (including phenoxy) is 1. The normalized spacial score (nSPS) is 11.3. The minimum Gasteiger partial charge on any atom is -0.481 e. The highest BCUT2D eigenvalue weighted by molar-refractivity contribution is 5.48. The fourth-order valence-electron chi connectivity index (χ4n) is 1.82. The van der Waals surface area contributed by atoms with Crippen LogP contribution in [0.1, 0.15) is 16.7 Å². The fourth-order valence-corrected chi connectivity index (χ4v) is 1.82. The average molecular weight is 297 g/mol. The van der Waals surface area contributed by atoms with Crippen LogP contribution >= 0.6 is 0 Å². The summed E-state index contributed by atoms with van der Waals surface area (Å²) in [5, 5.41) is 3.05. The Labute approximate surface area is 120 Å². The molecule has 4 nitrogen and oxygen atoms in total. The Morgan fingerprint density at radius 1 is 1.14 bits per heavy atom. The maximum atomic E-state index is 12.5. The van der Waals surface area contributed by atoms with Gasteiger partial charge in [0.1, 0.15) is 12.1 Å². The zero-order chi connectivity index (χ0) is 15.5. The summed E-state index contributed by atoms with van der Waals surface area (Å²) in [6.07, 6.45) is -2.95. The quantitative estimate of drug-likeness (QED) is 0.939. The van der Waals surface area contributed by atoms with E-state index in [1.165, 1.54) is 25.6 Å². The molecule has 2 rings (SSSR count). The second-order valence-electron chi connectivity index (χ2n) is 4.40. The molecule has 0 atom stereocenters. The van der Waals surface area contributed by atoms with E-state index in [4.69, 9.17) is 4.74 Å². The zero-order valence-corrected chi connectivity index (χ0v) is 11.5. The van der Waals surface area contributed by atoms with Gasteiger partial charge in [-0.25, -0.2) is 9.97 Å². The van der Waals surface area contributed by atoms with Gasteiger partial charge in [-0.15, -0.1) is 0 Å². The number of hydrogen-bond acceptors (Lipinski definition) is 4. The van der Waals surface area contributed by atoms with E-state index in [0.29, 0.717) is 18.2 Å². The SMILES string of the molecule is COc1ncnc(NCc2ccc(C(F)(F)F)cc2)c1C. The summed E-state index contributed by atoms with van der Waals surface area (Å²) in [4.78, 5) is 8.03.